The van der Waals surface area contributed by atoms with E-state index < -0.39 is 39.5 Å². The van der Waals surface area contributed by atoms with Crippen molar-refractivity contribution in [2.45, 2.75) is 50.4 Å². The number of hydrogen-bond acceptors (Lipinski definition) is 6. The van der Waals surface area contributed by atoms with Crippen LogP contribution in [0.2, 0.25) is 0 Å². The van der Waals surface area contributed by atoms with Crippen molar-refractivity contribution >= 4 is 9.84 Å². The molecule has 0 aliphatic rings. The Bertz CT molecular complexity index is 299. The van der Waals surface area contributed by atoms with Gasteiger partial charge in [0.25, 0.3) is 0 Å². The number of aliphatic hydroxyl groups is 4. The Morgan fingerprint density at radius 3 is 1.69 bits per heavy atom. The largest absolute Gasteiger partial charge is 0.391 e. The molecule has 98 valence electrons. The summed E-state index contributed by atoms with van der Waals surface area (Å²) in [6.07, 6.45) is -6.16. The van der Waals surface area contributed by atoms with Crippen LogP contribution in [0.5, 0.6) is 0 Å². The molecule has 0 bridgehead atoms. The molecule has 0 saturated heterocycles. The lowest BCUT2D eigenvalue weighted by molar-refractivity contribution is -0.0991. The van der Waals surface area contributed by atoms with E-state index in [1.807, 2.05) is 0 Å². The second-order valence-electron chi connectivity index (χ2n) is 3.87. The monoisotopic (exact) mass is 256 g/mol. The minimum atomic E-state index is -3.50. The van der Waals surface area contributed by atoms with Crippen molar-refractivity contribution in [2.24, 2.45) is 0 Å². The third-order valence-corrected chi connectivity index (χ3v) is 4.86. The van der Waals surface area contributed by atoms with Crippen LogP contribution in [0.25, 0.3) is 0 Å². The molecule has 0 aromatic carbocycles. The molecule has 0 amide bonds. The maximum absolute atomic E-state index is 11.4. The van der Waals surface area contributed by atoms with E-state index in [4.69, 9.17) is 5.11 Å². The van der Waals surface area contributed by atoms with Crippen LogP contribution in [0.4, 0.5) is 0 Å². The van der Waals surface area contributed by atoms with Gasteiger partial charge in [0.05, 0.1) is 17.5 Å². The van der Waals surface area contributed by atoms with Gasteiger partial charge in [0.1, 0.15) is 12.2 Å². The highest BCUT2D eigenvalue weighted by Gasteiger charge is 2.36. The van der Waals surface area contributed by atoms with Gasteiger partial charge in [-0.25, -0.2) is 8.42 Å². The molecular formula is C9H20O6S. The topological polar surface area (TPSA) is 115 Å². The number of sulfone groups is 1. The first-order valence-corrected chi connectivity index (χ1v) is 6.80. The predicted molar refractivity (Wildman–Crippen MR) is 58.6 cm³/mol. The molecule has 4 N–H and O–H groups in total. The first kappa shape index (κ1) is 15.8. The summed E-state index contributed by atoms with van der Waals surface area (Å²) >= 11 is 0. The maximum Gasteiger partial charge on any atom is 0.155 e. The van der Waals surface area contributed by atoms with Crippen LogP contribution in [-0.4, -0.2) is 64.3 Å². The molecule has 0 saturated carbocycles. The molecule has 0 aromatic rings. The van der Waals surface area contributed by atoms with E-state index in [9.17, 15) is 23.7 Å². The van der Waals surface area contributed by atoms with Crippen LogP contribution in [0.1, 0.15) is 20.8 Å². The van der Waals surface area contributed by atoms with Crippen molar-refractivity contribution in [3.63, 3.8) is 0 Å². The van der Waals surface area contributed by atoms with Gasteiger partial charge in [-0.2, -0.15) is 0 Å². The highest BCUT2D eigenvalue weighted by molar-refractivity contribution is 7.92. The zero-order valence-corrected chi connectivity index (χ0v) is 10.4. The van der Waals surface area contributed by atoms with Crippen LogP contribution >= 0.6 is 0 Å². The van der Waals surface area contributed by atoms with E-state index in [1.165, 1.54) is 20.8 Å². The summed E-state index contributed by atoms with van der Waals surface area (Å²) in [6, 6.07) is 0. The van der Waals surface area contributed by atoms with Gasteiger partial charge in [-0.1, -0.05) is 6.92 Å². The zero-order chi connectivity index (χ0) is 13.1. The van der Waals surface area contributed by atoms with Crippen LogP contribution in [0, 0.1) is 0 Å². The first-order chi connectivity index (χ1) is 7.15. The van der Waals surface area contributed by atoms with E-state index in [0.717, 1.165) is 0 Å². The van der Waals surface area contributed by atoms with Crippen molar-refractivity contribution in [1.82, 2.24) is 0 Å². The Kier molecular flexibility index (Phi) is 5.85. The minimum absolute atomic E-state index is 0.164. The van der Waals surface area contributed by atoms with Crippen molar-refractivity contribution in [1.29, 1.82) is 0 Å². The lowest BCUT2D eigenvalue weighted by Gasteiger charge is -2.28. The summed E-state index contributed by atoms with van der Waals surface area (Å²) in [6.45, 7) is 3.91. The molecule has 16 heavy (non-hydrogen) atoms. The van der Waals surface area contributed by atoms with Crippen LogP contribution in [0.3, 0.4) is 0 Å². The van der Waals surface area contributed by atoms with Crippen molar-refractivity contribution in [3.8, 4) is 0 Å². The highest BCUT2D eigenvalue weighted by atomic mass is 32.2. The molecule has 0 heterocycles. The van der Waals surface area contributed by atoms with Gasteiger partial charge in [0, 0.05) is 5.75 Å². The van der Waals surface area contributed by atoms with Crippen LogP contribution in [-0.2, 0) is 9.84 Å². The summed E-state index contributed by atoms with van der Waals surface area (Å²) in [5.41, 5.74) is 0. The Morgan fingerprint density at radius 2 is 1.38 bits per heavy atom. The summed E-state index contributed by atoms with van der Waals surface area (Å²) in [4.78, 5) is 0. The van der Waals surface area contributed by atoms with Crippen LogP contribution < -0.4 is 0 Å². The fraction of sp³-hybridized carbons (Fsp3) is 1.00. The standard InChI is InChI=1S/C9H20O6S/c1-4-16(14,15)6(3)8(12)9(13)7(11)5(2)10/h5-13H,4H2,1-3H3. The Labute approximate surface area is 95.5 Å². The average molecular weight is 256 g/mol. The Balaban J connectivity index is 4.74. The molecule has 0 aliphatic heterocycles. The Morgan fingerprint density at radius 1 is 0.938 bits per heavy atom. The van der Waals surface area contributed by atoms with E-state index in [2.05, 4.69) is 0 Å². The second kappa shape index (κ2) is 5.92. The quantitative estimate of drug-likeness (QED) is 0.449. The van der Waals surface area contributed by atoms with Gasteiger partial charge in [-0.3, -0.25) is 0 Å². The van der Waals surface area contributed by atoms with E-state index in [-0.39, 0.29) is 5.75 Å². The van der Waals surface area contributed by atoms with Gasteiger partial charge >= 0.3 is 0 Å². The molecule has 0 radical (unpaired) electrons. The molecular weight excluding hydrogens is 236 g/mol. The van der Waals surface area contributed by atoms with Crippen LogP contribution in [0.15, 0.2) is 0 Å². The lowest BCUT2D eigenvalue weighted by Crippen LogP contribution is -2.49. The van der Waals surface area contributed by atoms with Crippen molar-refractivity contribution < 1.29 is 28.8 Å². The molecule has 6 nitrogen and oxygen atoms in total. The molecule has 0 fully saturated rings. The van der Waals surface area contributed by atoms with Gasteiger partial charge in [-0.15, -0.1) is 0 Å². The minimum Gasteiger partial charge on any atom is -0.391 e. The number of rotatable bonds is 6. The van der Waals surface area contributed by atoms with Gasteiger partial charge < -0.3 is 20.4 Å². The van der Waals surface area contributed by atoms with E-state index >= 15 is 0 Å². The van der Waals surface area contributed by atoms with Gasteiger partial charge in [0.2, 0.25) is 0 Å². The molecule has 0 rings (SSSR count). The van der Waals surface area contributed by atoms with Gasteiger partial charge in [0.15, 0.2) is 9.84 Å². The average Bonchev–Trinajstić information content (AvgIpc) is 2.24. The predicted octanol–water partition coefficient (Wildman–Crippen LogP) is -1.73. The molecule has 0 aliphatic carbocycles. The summed E-state index contributed by atoms with van der Waals surface area (Å²) in [7, 11) is -3.50. The lowest BCUT2D eigenvalue weighted by atomic mass is 10.0. The van der Waals surface area contributed by atoms with Gasteiger partial charge in [-0.05, 0) is 13.8 Å². The van der Waals surface area contributed by atoms with E-state index in [0.29, 0.717) is 0 Å². The smallest absolute Gasteiger partial charge is 0.155 e. The number of hydrogen-bond donors (Lipinski definition) is 4. The second-order valence-corrected chi connectivity index (χ2v) is 6.52. The van der Waals surface area contributed by atoms with E-state index in [1.54, 1.807) is 0 Å². The number of aliphatic hydroxyl groups excluding tert-OH is 4. The Hall–Kier alpha value is -0.210. The molecule has 0 aromatic heterocycles. The third-order valence-electron chi connectivity index (χ3n) is 2.64. The fourth-order valence-electron chi connectivity index (χ4n) is 1.24. The summed E-state index contributed by atoms with van der Waals surface area (Å²) in [5, 5.41) is 36.1. The zero-order valence-electron chi connectivity index (χ0n) is 9.61. The maximum atomic E-state index is 11.4. The SMILES string of the molecule is CCS(=O)(=O)C(C)C(O)C(O)C(O)C(C)O. The normalized spacial score (nSPS) is 22.2. The summed E-state index contributed by atoms with van der Waals surface area (Å²) in [5.74, 6) is -0.164. The fourth-order valence-corrected chi connectivity index (χ4v) is 2.35. The van der Waals surface area contributed by atoms with Crippen molar-refractivity contribution in [3.05, 3.63) is 0 Å². The molecule has 5 atom stereocenters. The molecule has 0 spiro atoms. The third kappa shape index (κ3) is 3.67. The highest BCUT2D eigenvalue weighted by Crippen LogP contribution is 2.14. The van der Waals surface area contributed by atoms with Crippen molar-refractivity contribution in [2.75, 3.05) is 5.75 Å². The first-order valence-electron chi connectivity index (χ1n) is 5.09. The molecule has 7 heteroatoms. The summed E-state index contributed by atoms with van der Waals surface area (Å²) < 4.78 is 22.8. The molecule has 5 unspecified atom stereocenters.